The van der Waals surface area contributed by atoms with E-state index in [0.717, 1.165) is 6.42 Å². The highest BCUT2D eigenvalue weighted by molar-refractivity contribution is 7.39. The number of benzene rings is 1. The predicted molar refractivity (Wildman–Crippen MR) is 54.2 cm³/mol. The molecule has 0 fully saturated rings. The highest BCUT2D eigenvalue weighted by atomic mass is 31.1. The molecule has 0 aliphatic heterocycles. The first-order valence-corrected chi connectivity index (χ1v) is 5.80. The van der Waals surface area contributed by atoms with E-state index < -0.39 is 8.03 Å². The summed E-state index contributed by atoms with van der Waals surface area (Å²) in [6.07, 6.45) is 1.45. The normalized spacial score (nSPS) is 11.3. The third-order valence-electron chi connectivity index (χ3n) is 1.70. The molecule has 1 aromatic carbocycles. The second-order valence-electron chi connectivity index (χ2n) is 2.71. The average Bonchev–Trinajstić information content (AvgIpc) is 2.17. The van der Waals surface area contributed by atoms with Crippen LogP contribution in [0.1, 0.15) is 12.5 Å². The van der Waals surface area contributed by atoms with E-state index in [2.05, 4.69) is 0 Å². The SMILES string of the molecule is CCO[P+](=O)CCc1ccccc1. The first kappa shape index (κ1) is 10.4. The fraction of sp³-hybridized carbons (Fsp3) is 0.400. The van der Waals surface area contributed by atoms with Crippen LogP contribution in [0.5, 0.6) is 0 Å². The van der Waals surface area contributed by atoms with Gasteiger partial charge in [0.15, 0.2) is 6.16 Å². The van der Waals surface area contributed by atoms with Gasteiger partial charge in [-0.2, -0.15) is 0 Å². The van der Waals surface area contributed by atoms with E-state index in [4.69, 9.17) is 4.52 Å². The molecule has 0 N–H and O–H groups in total. The van der Waals surface area contributed by atoms with Crippen molar-refractivity contribution in [1.29, 1.82) is 0 Å². The third kappa shape index (κ3) is 4.16. The average molecular weight is 197 g/mol. The molecule has 0 radical (unpaired) electrons. The van der Waals surface area contributed by atoms with E-state index in [9.17, 15) is 4.57 Å². The summed E-state index contributed by atoms with van der Waals surface area (Å²) in [7, 11) is -1.45. The molecule has 70 valence electrons. The van der Waals surface area contributed by atoms with Crippen LogP contribution in [0.15, 0.2) is 30.3 Å². The monoisotopic (exact) mass is 197 g/mol. The Balaban J connectivity index is 2.31. The Morgan fingerprint density at radius 1 is 1.31 bits per heavy atom. The van der Waals surface area contributed by atoms with Gasteiger partial charge in [0.2, 0.25) is 0 Å². The molecule has 0 aliphatic rings. The molecule has 1 unspecified atom stereocenters. The topological polar surface area (TPSA) is 26.3 Å². The maximum absolute atomic E-state index is 11.1. The van der Waals surface area contributed by atoms with Gasteiger partial charge < -0.3 is 0 Å². The maximum Gasteiger partial charge on any atom is 0.508 e. The van der Waals surface area contributed by atoms with Crippen LogP contribution in [0.4, 0.5) is 0 Å². The van der Waals surface area contributed by atoms with Gasteiger partial charge >= 0.3 is 8.03 Å². The van der Waals surface area contributed by atoms with E-state index >= 15 is 0 Å². The molecule has 0 saturated heterocycles. The molecule has 0 bridgehead atoms. The van der Waals surface area contributed by atoms with Gasteiger partial charge in [-0.05, 0) is 17.1 Å². The lowest BCUT2D eigenvalue weighted by atomic mass is 10.2. The molecule has 0 saturated carbocycles. The van der Waals surface area contributed by atoms with Crippen molar-refractivity contribution in [3.8, 4) is 0 Å². The summed E-state index contributed by atoms with van der Waals surface area (Å²) in [5.41, 5.74) is 1.21. The molecule has 1 atom stereocenters. The van der Waals surface area contributed by atoms with Crippen molar-refractivity contribution in [3.05, 3.63) is 35.9 Å². The number of hydrogen-bond acceptors (Lipinski definition) is 2. The van der Waals surface area contributed by atoms with Crippen LogP contribution in [-0.4, -0.2) is 12.8 Å². The van der Waals surface area contributed by atoms with Gasteiger partial charge in [-0.25, -0.2) is 0 Å². The van der Waals surface area contributed by atoms with Crippen molar-refractivity contribution in [2.45, 2.75) is 13.3 Å². The second-order valence-corrected chi connectivity index (χ2v) is 4.08. The fourth-order valence-corrected chi connectivity index (χ4v) is 1.93. The van der Waals surface area contributed by atoms with E-state index in [0.29, 0.717) is 12.8 Å². The molecule has 13 heavy (non-hydrogen) atoms. The van der Waals surface area contributed by atoms with Crippen LogP contribution < -0.4 is 0 Å². The van der Waals surface area contributed by atoms with Crippen molar-refractivity contribution in [2.24, 2.45) is 0 Å². The summed E-state index contributed by atoms with van der Waals surface area (Å²) in [6, 6.07) is 10.0. The largest absolute Gasteiger partial charge is 0.508 e. The van der Waals surface area contributed by atoms with Crippen molar-refractivity contribution in [3.63, 3.8) is 0 Å². The molecule has 2 nitrogen and oxygen atoms in total. The summed E-state index contributed by atoms with van der Waals surface area (Å²) >= 11 is 0. The van der Waals surface area contributed by atoms with E-state index in [1.807, 2.05) is 37.3 Å². The standard InChI is InChI=1S/C10H14O2P/c1-2-12-13(11)9-8-10-6-4-3-5-7-10/h3-7H,2,8-9H2,1H3/q+1. The fourth-order valence-electron chi connectivity index (χ4n) is 1.07. The van der Waals surface area contributed by atoms with Gasteiger partial charge in [0, 0.05) is 6.42 Å². The van der Waals surface area contributed by atoms with E-state index in [1.54, 1.807) is 0 Å². The zero-order valence-corrected chi connectivity index (χ0v) is 8.67. The zero-order chi connectivity index (χ0) is 9.52. The molecule has 0 heterocycles. The Labute approximate surface area is 79.8 Å². The number of rotatable bonds is 5. The van der Waals surface area contributed by atoms with Gasteiger partial charge in [-0.1, -0.05) is 30.3 Å². The maximum atomic E-state index is 11.1. The van der Waals surface area contributed by atoms with Gasteiger partial charge in [0.25, 0.3) is 0 Å². The second kappa shape index (κ2) is 5.85. The minimum Gasteiger partial charge on any atom is -0.147 e. The summed E-state index contributed by atoms with van der Waals surface area (Å²) < 4.78 is 16.1. The van der Waals surface area contributed by atoms with Gasteiger partial charge in [-0.15, -0.1) is 4.52 Å². The first-order chi connectivity index (χ1) is 6.33. The van der Waals surface area contributed by atoms with Crippen LogP contribution in [0.25, 0.3) is 0 Å². The van der Waals surface area contributed by atoms with Crippen LogP contribution in [0, 0.1) is 0 Å². The van der Waals surface area contributed by atoms with Crippen LogP contribution in [0.2, 0.25) is 0 Å². The predicted octanol–water partition coefficient (Wildman–Crippen LogP) is 3.01. The van der Waals surface area contributed by atoms with E-state index in [1.165, 1.54) is 5.56 Å². The summed E-state index contributed by atoms with van der Waals surface area (Å²) in [5.74, 6) is 0. The van der Waals surface area contributed by atoms with Gasteiger partial charge in [0.05, 0.1) is 6.61 Å². The lowest BCUT2D eigenvalue weighted by Gasteiger charge is -1.92. The van der Waals surface area contributed by atoms with Crippen molar-refractivity contribution < 1.29 is 9.09 Å². The minimum atomic E-state index is -1.45. The van der Waals surface area contributed by atoms with Crippen molar-refractivity contribution in [2.75, 3.05) is 12.8 Å². The molecule has 0 aliphatic carbocycles. The Hall–Kier alpha value is -0.720. The lowest BCUT2D eigenvalue weighted by molar-refractivity contribution is 0.350. The minimum absolute atomic E-state index is 0.532. The van der Waals surface area contributed by atoms with E-state index in [-0.39, 0.29) is 0 Å². The molecular formula is C10H14O2P+. The van der Waals surface area contributed by atoms with Gasteiger partial charge in [0.1, 0.15) is 0 Å². The zero-order valence-electron chi connectivity index (χ0n) is 7.77. The number of aryl methyl sites for hydroxylation is 1. The van der Waals surface area contributed by atoms with Gasteiger partial charge in [-0.3, -0.25) is 0 Å². The third-order valence-corrected chi connectivity index (χ3v) is 2.83. The lowest BCUT2D eigenvalue weighted by Crippen LogP contribution is -1.89. The molecule has 0 amide bonds. The molecule has 1 aromatic rings. The Bertz CT molecular complexity index is 259. The molecular weight excluding hydrogens is 183 g/mol. The summed E-state index contributed by atoms with van der Waals surface area (Å²) in [5, 5.41) is 0. The summed E-state index contributed by atoms with van der Waals surface area (Å²) in [4.78, 5) is 0. The van der Waals surface area contributed by atoms with Crippen LogP contribution in [-0.2, 0) is 15.5 Å². The number of hydrogen-bond donors (Lipinski definition) is 0. The van der Waals surface area contributed by atoms with Crippen LogP contribution in [0.3, 0.4) is 0 Å². The summed E-state index contributed by atoms with van der Waals surface area (Å²) in [6.45, 7) is 2.39. The van der Waals surface area contributed by atoms with Crippen molar-refractivity contribution in [1.82, 2.24) is 0 Å². The highest BCUT2D eigenvalue weighted by Crippen LogP contribution is 2.22. The quantitative estimate of drug-likeness (QED) is 0.678. The molecule has 3 heteroatoms. The highest BCUT2D eigenvalue weighted by Gasteiger charge is 2.14. The molecule has 0 spiro atoms. The molecule has 0 aromatic heterocycles. The Morgan fingerprint density at radius 3 is 2.62 bits per heavy atom. The molecule has 1 rings (SSSR count). The smallest absolute Gasteiger partial charge is 0.147 e. The van der Waals surface area contributed by atoms with Crippen LogP contribution >= 0.6 is 8.03 Å². The Kier molecular flexibility index (Phi) is 4.66. The van der Waals surface area contributed by atoms with Crippen molar-refractivity contribution >= 4 is 8.03 Å². The first-order valence-electron chi connectivity index (χ1n) is 4.44. The Morgan fingerprint density at radius 2 is 2.00 bits per heavy atom.